The van der Waals surface area contributed by atoms with E-state index < -0.39 is 23.2 Å². The van der Waals surface area contributed by atoms with Crippen molar-refractivity contribution in [2.24, 2.45) is 0 Å². The Hall–Kier alpha value is -3.34. The maximum absolute atomic E-state index is 14.8. The van der Waals surface area contributed by atoms with E-state index in [1.807, 2.05) is 46.4 Å². The number of anilines is 1. The molecule has 0 saturated carbocycles. The predicted molar refractivity (Wildman–Crippen MR) is 144 cm³/mol. The van der Waals surface area contributed by atoms with Crippen LogP contribution in [0.5, 0.6) is 0 Å². The Bertz CT molecular complexity index is 1430. The average molecular weight is 546 g/mol. The summed E-state index contributed by atoms with van der Waals surface area (Å²) in [6.07, 6.45) is 2.44. The number of amides is 1. The molecule has 1 aliphatic heterocycles. The normalized spacial score (nSPS) is 18.2. The van der Waals surface area contributed by atoms with Crippen LogP contribution >= 0.6 is 11.6 Å². The van der Waals surface area contributed by atoms with E-state index >= 15 is 0 Å². The average Bonchev–Trinajstić information content (AvgIpc) is 2.79. The van der Waals surface area contributed by atoms with Crippen molar-refractivity contribution in [1.82, 2.24) is 29.4 Å². The van der Waals surface area contributed by atoms with Crippen LogP contribution in [0.3, 0.4) is 0 Å². The number of piperazine rings is 1. The second-order valence-corrected chi connectivity index (χ2v) is 11.0. The van der Waals surface area contributed by atoms with Gasteiger partial charge in [-0.1, -0.05) is 24.9 Å². The number of halogens is 2. The highest BCUT2D eigenvalue weighted by atomic mass is 35.5. The van der Waals surface area contributed by atoms with Crippen LogP contribution in [0.1, 0.15) is 59.4 Å². The Morgan fingerprint density at radius 2 is 1.84 bits per heavy atom. The largest absolute Gasteiger partial charge is 0.444 e. The molecule has 0 aromatic carbocycles. The second kappa shape index (κ2) is 10.4. The number of nitrogens with zero attached hydrogens (tertiary/aromatic N) is 7. The van der Waals surface area contributed by atoms with Crippen LogP contribution in [0, 0.1) is 12.7 Å². The lowest BCUT2D eigenvalue weighted by Gasteiger charge is -2.45. The molecule has 0 aliphatic carbocycles. The molecule has 204 valence electrons. The van der Waals surface area contributed by atoms with Gasteiger partial charge in [0.05, 0.1) is 34.5 Å². The van der Waals surface area contributed by atoms with Gasteiger partial charge in [0.2, 0.25) is 0 Å². The first-order valence-electron chi connectivity index (χ1n) is 12.7. The Morgan fingerprint density at radius 1 is 1.18 bits per heavy atom. The van der Waals surface area contributed by atoms with Gasteiger partial charge in [0.15, 0.2) is 16.6 Å². The van der Waals surface area contributed by atoms with Crippen molar-refractivity contribution >= 4 is 34.5 Å². The van der Waals surface area contributed by atoms with Crippen LogP contribution in [0.4, 0.5) is 15.0 Å². The first-order chi connectivity index (χ1) is 17.8. The quantitative estimate of drug-likeness (QED) is 0.442. The molecule has 0 unspecified atom stereocenters. The standard InChI is InChI=1S/C26H33ClFN7O3/c1-8-9-19-20(16(4)29-13-30-19)35-23-17(10-18(28)21(27)31-23)22(32-24(35)36)33-11-14(2)34(15(3)12-33)25(37)38-26(5,6)7/h10,13-15H,8-9,11-12H2,1-7H3/t14-,15+. The number of carbonyl (C=O) groups excluding carboxylic acids is 1. The monoisotopic (exact) mass is 545 g/mol. The third kappa shape index (κ3) is 5.29. The van der Waals surface area contributed by atoms with Gasteiger partial charge in [0, 0.05) is 13.1 Å². The van der Waals surface area contributed by atoms with E-state index in [0.717, 1.165) is 6.42 Å². The SMILES string of the molecule is CCCc1ncnc(C)c1-n1c(=O)nc(N2C[C@@H](C)N(C(=O)OC(C)(C)C)[C@@H](C)C2)c2cc(F)c(Cl)nc21. The Morgan fingerprint density at radius 3 is 2.45 bits per heavy atom. The molecule has 1 aliphatic rings. The molecule has 2 atom stereocenters. The Labute approximate surface area is 225 Å². The summed E-state index contributed by atoms with van der Waals surface area (Å²) in [5, 5.41) is -0.0341. The minimum absolute atomic E-state index is 0.163. The minimum atomic E-state index is -0.726. The van der Waals surface area contributed by atoms with Gasteiger partial charge >= 0.3 is 11.8 Å². The van der Waals surface area contributed by atoms with Gasteiger partial charge in [0.25, 0.3) is 0 Å². The van der Waals surface area contributed by atoms with Crippen LogP contribution in [0.25, 0.3) is 16.7 Å². The third-order valence-electron chi connectivity index (χ3n) is 6.37. The van der Waals surface area contributed by atoms with Crippen LogP contribution in [0.15, 0.2) is 17.2 Å². The molecule has 0 bridgehead atoms. The molecule has 0 radical (unpaired) electrons. The lowest BCUT2D eigenvalue weighted by atomic mass is 10.1. The predicted octanol–water partition coefficient (Wildman–Crippen LogP) is 4.46. The summed E-state index contributed by atoms with van der Waals surface area (Å²) >= 11 is 6.11. The van der Waals surface area contributed by atoms with Gasteiger partial charge in [-0.15, -0.1) is 0 Å². The fourth-order valence-corrected chi connectivity index (χ4v) is 5.06. The molecule has 4 rings (SSSR count). The van der Waals surface area contributed by atoms with Crippen LogP contribution in [-0.4, -0.2) is 66.3 Å². The maximum atomic E-state index is 14.8. The lowest BCUT2D eigenvalue weighted by Crippen LogP contribution is -2.59. The molecule has 10 nitrogen and oxygen atoms in total. The number of fused-ring (bicyclic) bond motifs is 1. The highest BCUT2D eigenvalue weighted by molar-refractivity contribution is 6.30. The number of hydrogen-bond donors (Lipinski definition) is 0. The molecule has 1 amide bonds. The Kier molecular flexibility index (Phi) is 7.60. The summed E-state index contributed by atoms with van der Waals surface area (Å²) in [6, 6.07) is 0.717. The molecule has 12 heteroatoms. The summed E-state index contributed by atoms with van der Waals surface area (Å²) in [4.78, 5) is 47.4. The molecule has 1 fully saturated rings. The van der Waals surface area contributed by atoms with Gasteiger partial charge in [-0.3, -0.25) is 4.90 Å². The van der Waals surface area contributed by atoms with Crippen LogP contribution in [-0.2, 0) is 11.2 Å². The summed E-state index contributed by atoms with van der Waals surface area (Å²) in [5.41, 5.74) is 0.624. The van der Waals surface area contributed by atoms with Crippen molar-refractivity contribution in [3.63, 3.8) is 0 Å². The third-order valence-corrected chi connectivity index (χ3v) is 6.64. The fourth-order valence-electron chi connectivity index (χ4n) is 4.92. The van der Waals surface area contributed by atoms with Gasteiger partial charge in [-0.25, -0.2) is 33.5 Å². The first kappa shape index (κ1) is 27.7. The van der Waals surface area contributed by atoms with Crippen molar-refractivity contribution < 1.29 is 13.9 Å². The number of hydrogen-bond acceptors (Lipinski definition) is 8. The summed E-state index contributed by atoms with van der Waals surface area (Å²) in [5.74, 6) is -0.450. The summed E-state index contributed by atoms with van der Waals surface area (Å²) < 4.78 is 21.7. The number of aromatic nitrogens is 5. The topological polar surface area (TPSA) is 106 Å². The van der Waals surface area contributed by atoms with Crippen LogP contribution in [0.2, 0.25) is 5.15 Å². The molecular formula is C26H33ClFN7O3. The Balaban J connectivity index is 1.85. The summed E-state index contributed by atoms with van der Waals surface area (Å²) in [6.45, 7) is 13.7. The molecule has 0 spiro atoms. The van der Waals surface area contributed by atoms with Crippen molar-refractivity contribution in [3.05, 3.63) is 45.2 Å². The van der Waals surface area contributed by atoms with Crippen molar-refractivity contribution in [3.8, 4) is 5.69 Å². The van der Waals surface area contributed by atoms with Gasteiger partial charge < -0.3 is 9.64 Å². The first-order valence-corrected chi connectivity index (χ1v) is 13.1. The zero-order valence-electron chi connectivity index (χ0n) is 22.7. The zero-order chi connectivity index (χ0) is 27.9. The van der Waals surface area contributed by atoms with Gasteiger partial charge in [-0.2, -0.15) is 4.98 Å². The molecule has 4 heterocycles. The molecule has 0 N–H and O–H groups in total. The smallest absolute Gasteiger partial charge is 0.410 e. The zero-order valence-corrected chi connectivity index (χ0v) is 23.5. The van der Waals surface area contributed by atoms with Crippen LogP contribution < -0.4 is 10.6 Å². The highest BCUT2D eigenvalue weighted by Gasteiger charge is 2.37. The molecule has 1 saturated heterocycles. The van der Waals surface area contributed by atoms with Crippen molar-refractivity contribution in [2.45, 2.75) is 79.0 Å². The maximum Gasteiger partial charge on any atom is 0.410 e. The van der Waals surface area contributed by atoms with E-state index in [2.05, 4.69) is 19.9 Å². The van der Waals surface area contributed by atoms with E-state index in [4.69, 9.17) is 16.3 Å². The highest BCUT2D eigenvalue weighted by Crippen LogP contribution is 2.31. The van der Waals surface area contributed by atoms with Gasteiger partial charge in [0.1, 0.15) is 17.7 Å². The molecule has 3 aromatic heterocycles. The number of pyridine rings is 1. The number of aryl methyl sites for hydroxylation is 2. The lowest BCUT2D eigenvalue weighted by molar-refractivity contribution is 0.00562. The van der Waals surface area contributed by atoms with Gasteiger partial charge in [-0.05, 0) is 54.0 Å². The number of rotatable bonds is 4. The van der Waals surface area contributed by atoms with E-state index in [9.17, 15) is 14.0 Å². The second-order valence-electron chi connectivity index (χ2n) is 10.7. The molecule has 38 heavy (non-hydrogen) atoms. The summed E-state index contributed by atoms with van der Waals surface area (Å²) in [7, 11) is 0. The van der Waals surface area contributed by atoms with E-state index in [-0.39, 0.29) is 28.7 Å². The number of ether oxygens (including phenoxy) is 1. The molecule has 3 aromatic rings. The van der Waals surface area contributed by atoms with Crippen molar-refractivity contribution in [2.75, 3.05) is 18.0 Å². The number of carbonyl (C=O) groups is 1. The fraction of sp³-hybridized carbons (Fsp3) is 0.538. The molecular weight excluding hydrogens is 513 g/mol. The van der Waals surface area contributed by atoms with Crippen molar-refractivity contribution in [1.29, 1.82) is 0 Å². The van der Waals surface area contributed by atoms with E-state index in [1.165, 1.54) is 17.0 Å². The van der Waals surface area contributed by atoms with E-state index in [0.29, 0.717) is 42.0 Å². The van der Waals surface area contributed by atoms with E-state index in [1.54, 1.807) is 11.8 Å². The minimum Gasteiger partial charge on any atom is -0.444 e.